The quantitative estimate of drug-likeness (QED) is 0.511. The van der Waals surface area contributed by atoms with Gasteiger partial charge < -0.3 is 10.3 Å². The molecule has 0 aliphatic rings. The van der Waals surface area contributed by atoms with E-state index in [0.29, 0.717) is 11.0 Å². The number of aromatic amines is 1. The fraction of sp³-hybridized carbons (Fsp3) is 0.100. The second kappa shape index (κ2) is 6.81. The van der Waals surface area contributed by atoms with Crippen LogP contribution < -0.4 is 5.32 Å². The van der Waals surface area contributed by atoms with Crippen molar-refractivity contribution >= 4 is 34.4 Å². The van der Waals surface area contributed by atoms with Crippen LogP contribution in [0.2, 0.25) is 5.15 Å². The SMILES string of the molecule is CC(=O)Nc1cc(-c2[nH]c3cccnc3c2-c2cc(C)cc(Cl)n2)ccn1. The topological polar surface area (TPSA) is 83.6 Å². The number of fused-ring (bicyclic) bond motifs is 1. The van der Waals surface area contributed by atoms with E-state index in [1.54, 1.807) is 12.4 Å². The first-order chi connectivity index (χ1) is 13.0. The molecule has 0 unspecified atom stereocenters. The number of hydrogen-bond donors (Lipinski definition) is 2. The molecule has 0 aliphatic heterocycles. The van der Waals surface area contributed by atoms with Gasteiger partial charge in [0.25, 0.3) is 0 Å². The maximum absolute atomic E-state index is 11.4. The van der Waals surface area contributed by atoms with E-state index in [1.807, 2.05) is 43.3 Å². The lowest BCUT2D eigenvalue weighted by Gasteiger charge is -2.08. The molecule has 0 saturated heterocycles. The summed E-state index contributed by atoms with van der Waals surface area (Å²) in [5.74, 6) is 0.304. The summed E-state index contributed by atoms with van der Waals surface area (Å²) in [6, 6.07) is 11.3. The molecule has 4 aromatic rings. The van der Waals surface area contributed by atoms with Crippen molar-refractivity contribution in [2.24, 2.45) is 0 Å². The monoisotopic (exact) mass is 377 g/mol. The number of nitrogens with one attached hydrogen (secondary N) is 2. The van der Waals surface area contributed by atoms with Crippen LogP contribution in [0.15, 0.2) is 48.8 Å². The summed E-state index contributed by atoms with van der Waals surface area (Å²) < 4.78 is 0. The van der Waals surface area contributed by atoms with Gasteiger partial charge in [0.15, 0.2) is 0 Å². The number of halogens is 1. The lowest BCUT2D eigenvalue weighted by molar-refractivity contribution is -0.114. The van der Waals surface area contributed by atoms with E-state index >= 15 is 0 Å². The molecular formula is C20H16ClN5O. The lowest BCUT2D eigenvalue weighted by atomic mass is 10.0. The van der Waals surface area contributed by atoms with Crippen LogP contribution in [-0.2, 0) is 4.79 Å². The van der Waals surface area contributed by atoms with Crippen molar-refractivity contribution in [2.45, 2.75) is 13.8 Å². The minimum Gasteiger partial charge on any atom is -0.353 e. The van der Waals surface area contributed by atoms with E-state index in [9.17, 15) is 4.79 Å². The van der Waals surface area contributed by atoms with Crippen molar-refractivity contribution in [1.82, 2.24) is 19.9 Å². The highest BCUT2D eigenvalue weighted by Crippen LogP contribution is 2.37. The normalized spacial score (nSPS) is 10.9. The Labute approximate surface area is 160 Å². The largest absolute Gasteiger partial charge is 0.353 e. The van der Waals surface area contributed by atoms with Gasteiger partial charge in [-0.1, -0.05) is 11.6 Å². The molecule has 0 radical (unpaired) electrons. The van der Waals surface area contributed by atoms with E-state index in [2.05, 4.69) is 25.3 Å². The number of aromatic nitrogens is 4. The Balaban J connectivity index is 1.97. The van der Waals surface area contributed by atoms with Crippen LogP contribution in [0.3, 0.4) is 0 Å². The predicted molar refractivity (Wildman–Crippen MR) is 107 cm³/mol. The number of aryl methyl sites for hydroxylation is 1. The molecule has 0 atom stereocenters. The highest BCUT2D eigenvalue weighted by atomic mass is 35.5. The molecule has 2 N–H and O–H groups in total. The minimum atomic E-state index is -0.176. The number of pyridine rings is 3. The summed E-state index contributed by atoms with van der Waals surface area (Å²) in [5.41, 5.74) is 6.00. The van der Waals surface area contributed by atoms with Crippen LogP contribution in [-0.4, -0.2) is 25.8 Å². The number of H-pyrrole nitrogens is 1. The first-order valence-electron chi connectivity index (χ1n) is 8.36. The Bertz CT molecular complexity index is 1150. The standard InChI is InChI=1S/C20H16ClN5O/c1-11-8-15(25-16(21)9-11)18-19(26-14-4-3-6-23-20(14)18)13-5-7-22-17(10-13)24-12(2)27/h3-10,26H,1-2H3,(H,22,24,27). The average Bonchev–Trinajstić information content (AvgIpc) is 3.00. The smallest absolute Gasteiger partial charge is 0.222 e. The van der Waals surface area contributed by atoms with Gasteiger partial charge in [0, 0.05) is 24.9 Å². The van der Waals surface area contributed by atoms with Gasteiger partial charge in [-0.15, -0.1) is 0 Å². The number of hydrogen-bond acceptors (Lipinski definition) is 4. The van der Waals surface area contributed by atoms with Gasteiger partial charge in [0.1, 0.15) is 11.0 Å². The summed E-state index contributed by atoms with van der Waals surface area (Å²) in [6.45, 7) is 3.42. The number of carbonyl (C=O) groups is 1. The summed E-state index contributed by atoms with van der Waals surface area (Å²) >= 11 is 6.20. The zero-order valence-corrected chi connectivity index (χ0v) is 15.5. The Morgan fingerprint density at radius 1 is 1.15 bits per heavy atom. The van der Waals surface area contributed by atoms with E-state index in [-0.39, 0.29) is 5.91 Å². The molecule has 0 fully saturated rings. The fourth-order valence-electron chi connectivity index (χ4n) is 3.07. The van der Waals surface area contributed by atoms with Crippen molar-refractivity contribution in [1.29, 1.82) is 0 Å². The van der Waals surface area contributed by atoms with Crippen LogP contribution >= 0.6 is 11.6 Å². The molecule has 134 valence electrons. The van der Waals surface area contributed by atoms with Gasteiger partial charge in [-0.3, -0.25) is 9.78 Å². The molecule has 4 rings (SSSR count). The van der Waals surface area contributed by atoms with Crippen LogP contribution in [0, 0.1) is 6.92 Å². The number of anilines is 1. The van der Waals surface area contributed by atoms with Crippen molar-refractivity contribution < 1.29 is 4.79 Å². The molecule has 4 heterocycles. The van der Waals surface area contributed by atoms with Gasteiger partial charge in [0.05, 0.1) is 28.0 Å². The molecule has 0 aliphatic carbocycles. The van der Waals surface area contributed by atoms with Crippen molar-refractivity contribution in [3.05, 3.63) is 59.5 Å². The third kappa shape index (κ3) is 3.39. The molecule has 6 nitrogen and oxygen atoms in total. The average molecular weight is 378 g/mol. The minimum absolute atomic E-state index is 0.176. The third-order valence-electron chi connectivity index (χ3n) is 4.10. The Morgan fingerprint density at radius 2 is 2.00 bits per heavy atom. The molecule has 0 spiro atoms. The first kappa shape index (κ1) is 17.2. The number of rotatable bonds is 3. The highest BCUT2D eigenvalue weighted by Gasteiger charge is 2.18. The van der Waals surface area contributed by atoms with Crippen LogP contribution in [0.1, 0.15) is 12.5 Å². The first-order valence-corrected chi connectivity index (χ1v) is 8.74. The zero-order valence-electron chi connectivity index (χ0n) is 14.7. The maximum atomic E-state index is 11.4. The zero-order chi connectivity index (χ0) is 19.0. The molecule has 7 heteroatoms. The van der Waals surface area contributed by atoms with Gasteiger partial charge in [-0.2, -0.15) is 0 Å². The summed E-state index contributed by atoms with van der Waals surface area (Å²) in [6.07, 6.45) is 3.40. The number of nitrogens with zero attached hydrogens (tertiary/aromatic N) is 3. The Morgan fingerprint density at radius 3 is 2.78 bits per heavy atom. The van der Waals surface area contributed by atoms with Crippen molar-refractivity contribution in [2.75, 3.05) is 5.32 Å². The number of carbonyl (C=O) groups excluding carboxylic acids is 1. The predicted octanol–water partition coefficient (Wildman–Crippen LogP) is 4.61. The molecule has 1 amide bonds. The van der Waals surface area contributed by atoms with Crippen LogP contribution in [0.25, 0.3) is 33.5 Å². The lowest BCUT2D eigenvalue weighted by Crippen LogP contribution is -2.07. The van der Waals surface area contributed by atoms with Gasteiger partial charge in [0.2, 0.25) is 5.91 Å². The molecule has 4 aromatic heterocycles. The summed E-state index contributed by atoms with van der Waals surface area (Å²) in [4.78, 5) is 28.0. The van der Waals surface area contributed by atoms with Crippen LogP contribution in [0.5, 0.6) is 0 Å². The second-order valence-corrected chi connectivity index (χ2v) is 6.63. The summed E-state index contributed by atoms with van der Waals surface area (Å²) in [7, 11) is 0. The van der Waals surface area contributed by atoms with Gasteiger partial charge in [-0.05, 0) is 48.9 Å². The Kier molecular flexibility index (Phi) is 4.33. The van der Waals surface area contributed by atoms with Gasteiger partial charge >= 0.3 is 0 Å². The number of amides is 1. The summed E-state index contributed by atoms with van der Waals surface area (Å²) in [5, 5.41) is 3.14. The molecular weight excluding hydrogens is 362 g/mol. The second-order valence-electron chi connectivity index (χ2n) is 6.24. The van der Waals surface area contributed by atoms with E-state index < -0.39 is 0 Å². The van der Waals surface area contributed by atoms with Crippen LogP contribution in [0.4, 0.5) is 5.82 Å². The molecule has 27 heavy (non-hydrogen) atoms. The van der Waals surface area contributed by atoms with E-state index in [4.69, 9.17) is 11.6 Å². The fourth-order valence-corrected chi connectivity index (χ4v) is 3.34. The third-order valence-corrected chi connectivity index (χ3v) is 4.30. The van der Waals surface area contributed by atoms with Gasteiger partial charge in [-0.25, -0.2) is 9.97 Å². The van der Waals surface area contributed by atoms with Crippen molar-refractivity contribution in [3.63, 3.8) is 0 Å². The van der Waals surface area contributed by atoms with Crippen molar-refractivity contribution in [3.8, 4) is 22.5 Å². The van der Waals surface area contributed by atoms with E-state index in [1.165, 1.54) is 6.92 Å². The highest BCUT2D eigenvalue weighted by molar-refractivity contribution is 6.29. The van der Waals surface area contributed by atoms with E-state index in [0.717, 1.165) is 39.1 Å². The maximum Gasteiger partial charge on any atom is 0.222 e. The Hall–Kier alpha value is -3.25. The molecule has 0 saturated carbocycles. The molecule has 0 aromatic carbocycles. The molecule has 0 bridgehead atoms.